The predicted molar refractivity (Wildman–Crippen MR) is 124 cm³/mol. The maximum absolute atomic E-state index is 6.32. The molecule has 1 fully saturated rings. The number of nitrogen functional groups attached to an aromatic ring is 1. The molecule has 0 unspecified atom stereocenters. The molecule has 7 nitrogen and oxygen atoms in total. The van der Waals surface area contributed by atoms with E-state index < -0.39 is 0 Å². The van der Waals surface area contributed by atoms with Crippen LogP contribution in [0.1, 0.15) is 35.9 Å². The quantitative estimate of drug-likeness (QED) is 0.450. The lowest BCUT2D eigenvalue weighted by molar-refractivity contribution is 0.448. The first-order valence-electron chi connectivity index (χ1n) is 11.0. The number of nitrogens with two attached hydrogens (primary N) is 1. The molecule has 2 aromatic carbocycles. The smallest absolute Gasteiger partial charge is 0.199 e. The Morgan fingerprint density at radius 3 is 2.75 bits per heavy atom. The molecule has 6 rings (SSSR count). The van der Waals surface area contributed by atoms with Crippen LogP contribution >= 0.6 is 0 Å². The number of aromatic nitrogens is 4. The highest BCUT2D eigenvalue weighted by Crippen LogP contribution is 2.36. The van der Waals surface area contributed by atoms with Crippen LogP contribution in [0.25, 0.3) is 27.7 Å². The van der Waals surface area contributed by atoms with Crippen molar-refractivity contribution in [1.82, 2.24) is 24.9 Å². The minimum Gasteiger partial charge on any atom is -0.440 e. The van der Waals surface area contributed by atoms with Crippen molar-refractivity contribution >= 4 is 22.4 Å². The molecule has 3 N–H and O–H groups in total. The molecule has 32 heavy (non-hydrogen) atoms. The van der Waals surface area contributed by atoms with E-state index in [1.165, 1.54) is 17.6 Å². The van der Waals surface area contributed by atoms with Gasteiger partial charge in [0.05, 0.1) is 0 Å². The molecule has 0 saturated carbocycles. The van der Waals surface area contributed by atoms with Crippen molar-refractivity contribution in [2.45, 2.75) is 25.2 Å². The van der Waals surface area contributed by atoms with Crippen molar-refractivity contribution in [3.63, 3.8) is 0 Å². The van der Waals surface area contributed by atoms with Gasteiger partial charge < -0.3 is 15.5 Å². The summed E-state index contributed by atoms with van der Waals surface area (Å²) in [5.41, 5.74) is 13.2. The Hall–Kier alpha value is -3.71. The standard InChI is InChI=1S/C25H24N6O/c26-25-24-19(14-21(31(24)29-15-28-25)17-8-10-27-11-9-17)18-6-7-20-22(13-18)32-23(30-20)12-16-4-2-1-3-5-16/h1-7,13-15,17,27H,8-12H2,(H2,26,28,29). The minimum atomic E-state index is 0.443. The molecular weight excluding hydrogens is 400 g/mol. The molecule has 160 valence electrons. The van der Waals surface area contributed by atoms with Gasteiger partial charge in [0, 0.05) is 23.6 Å². The Morgan fingerprint density at radius 2 is 1.91 bits per heavy atom. The van der Waals surface area contributed by atoms with Gasteiger partial charge in [-0.1, -0.05) is 36.4 Å². The van der Waals surface area contributed by atoms with Crippen LogP contribution in [0.5, 0.6) is 0 Å². The van der Waals surface area contributed by atoms with Crippen LogP contribution in [0, 0.1) is 0 Å². The van der Waals surface area contributed by atoms with E-state index in [0.717, 1.165) is 53.7 Å². The average molecular weight is 425 g/mol. The van der Waals surface area contributed by atoms with Gasteiger partial charge in [0.15, 0.2) is 17.3 Å². The second-order valence-electron chi connectivity index (χ2n) is 8.37. The summed E-state index contributed by atoms with van der Waals surface area (Å²) in [5.74, 6) is 1.64. The molecule has 0 atom stereocenters. The first-order valence-corrected chi connectivity index (χ1v) is 11.0. The van der Waals surface area contributed by atoms with Gasteiger partial charge in [0.2, 0.25) is 0 Å². The Bertz CT molecular complexity index is 1400. The zero-order valence-corrected chi connectivity index (χ0v) is 17.7. The van der Waals surface area contributed by atoms with Gasteiger partial charge in [-0.25, -0.2) is 14.5 Å². The second kappa shape index (κ2) is 7.76. The summed E-state index contributed by atoms with van der Waals surface area (Å²) < 4.78 is 8.08. The van der Waals surface area contributed by atoms with Crippen molar-refractivity contribution in [2.75, 3.05) is 18.8 Å². The fraction of sp³-hybridized carbons (Fsp3) is 0.240. The van der Waals surface area contributed by atoms with E-state index in [1.807, 2.05) is 34.8 Å². The van der Waals surface area contributed by atoms with Crippen LogP contribution in [0.2, 0.25) is 0 Å². The highest BCUT2D eigenvalue weighted by Gasteiger charge is 2.23. The highest BCUT2D eigenvalue weighted by molar-refractivity contribution is 5.91. The molecule has 1 aliphatic heterocycles. The average Bonchev–Trinajstić information content (AvgIpc) is 3.41. The summed E-state index contributed by atoms with van der Waals surface area (Å²) in [7, 11) is 0. The molecule has 0 bridgehead atoms. The van der Waals surface area contributed by atoms with Crippen molar-refractivity contribution < 1.29 is 4.42 Å². The number of benzene rings is 2. The molecule has 4 heterocycles. The Labute approximate surface area is 185 Å². The number of nitrogens with one attached hydrogen (secondary N) is 1. The number of piperidine rings is 1. The van der Waals surface area contributed by atoms with Crippen molar-refractivity contribution in [1.29, 1.82) is 0 Å². The topological polar surface area (TPSA) is 94.3 Å². The third-order valence-electron chi connectivity index (χ3n) is 6.31. The zero-order valence-electron chi connectivity index (χ0n) is 17.7. The van der Waals surface area contributed by atoms with Gasteiger partial charge in [-0.15, -0.1) is 0 Å². The molecular formula is C25H24N6O. The summed E-state index contributed by atoms with van der Waals surface area (Å²) in [5, 5.41) is 7.98. The first kappa shape index (κ1) is 19.0. The normalized spacial score (nSPS) is 15.0. The van der Waals surface area contributed by atoms with Gasteiger partial charge in [0.1, 0.15) is 17.4 Å². The molecule has 5 aromatic rings. The highest BCUT2D eigenvalue weighted by atomic mass is 16.3. The lowest BCUT2D eigenvalue weighted by atomic mass is 9.94. The van der Waals surface area contributed by atoms with Crippen LogP contribution in [0.15, 0.2) is 65.3 Å². The molecule has 0 spiro atoms. The number of anilines is 1. The Morgan fingerprint density at radius 1 is 1.06 bits per heavy atom. The lowest BCUT2D eigenvalue weighted by Crippen LogP contribution is -2.27. The SMILES string of the molecule is Nc1ncnn2c(C3CCNCC3)cc(-c3ccc4nc(Cc5ccccc5)oc4c3)c12. The van der Waals surface area contributed by atoms with Crippen LogP contribution in [-0.2, 0) is 6.42 Å². The van der Waals surface area contributed by atoms with Gasteiger partial charge in [-0.3, -0.25) is 0 Å². The van der Waals surface area contributed by atoms with E-state index in [-0.39, 0.29) is 0 Å². The van der Waals surface area contributed by atoms with E-state index >= 15 is 0 Å². The van der Waals surface area contributed by atoms with Crippen LogP contribution < -0.4 is 11.1 Å². The molecule has 3 aromatic heterocycles. The van der Waals surface area contributed by atoms with E-state index in [9.17, 15) is 0 Å². The Kier molecular flexibility index (Phi) is 4.61. The molecule has 0 radical (unpaired) electrons. The molecule has 0 amide bonds. The molecule has 1 saturated heterocycles. The number of hydrogen-bond donors (Lipinski definition) is 2. The number of oxazole rings is 1. The fourth-order valence-corrected chi connectivity index (χ4v) is 4.71. The number of rotatable bonds is 4. The van der Waals surface area contributed by atoms with E-state index in [4.69, 9.17) is 10.2 Å². The third kappa shape index (κ3) is 3.31. The summed E-state index contributed by atoms with van der Waals surface area (Å²) in [6, 6.07) is 18.6. The largest absolute Gasteiger partial charge is 0.440 e. The summed E-state index contributed by atoms with van der Waals surface area (Å²) in [4.78, 5) is 8.94. The second-order valence-corrected chi connectivity index (χ2v) is 8.37. The summed E-state index contributed by atoms with van der Waals surface area (Å²) in [6.07, 6.45) is 4.37. The molecule has 1 aliphatic rings. The van der Waals surface area contributed by atoms with Gasteiger partial charge >= 0.3 is 0 Å². The van der Waals surface area contributed by atoms with E-state index in [1.54, 1.807) is 0 Å². The maximum Gasteiger partial charge on any atom is 0.199 e. The van der Waals surface area contributed by atoms with Crippen LogP contribution in [0.3, 0.4) is 0 Å². The number of hydrogen-bond acceptors (Lipinski definition) is 6. The van der Waals surface area contributed by atoms with Crippen molar-refractivity contribution in [3.8, 4) is 11.1 Å². The van der Waals surface area contributed by atoms with Crippen molar-refractivity contribution in [3.05, 3.63) is 78.1 Å². The summed E-state index contributed by atoms with van der Waals surface area (Å²) >= 11 is 0. The van der Waals surface area contributed by atoms with Gasteiger partial charge in [-0.05, 0) is 55.3 Å². The minimum absolute atomic E-state index is 0.443. The summed E-state index contributed by atoms with van der Waals surface area (Å²) in [6.45, 7) is 2.03. The molecule has 7 heteroatoms. The van der Waals surface area contributed by atoms with Gasteiger partial charge in [0.25, 0.3) is 0 Å². The van der Waals surface area contributed by atoms with E-state index in [2.05, 4.69) is 44.6 Å². The third-order valence-corrected chi connectivity index (χ3v) is 6.31. The van der Waals surface area contributed by atoms with Crippen molar-refractivity contribution in [2.24, 2.45) is 0 Å². The number of nitrogens with zero attached hydrogens (tertiary/aromatic N) is 4. The monoisotopic (exact) mass is 424 g/mol. The fourth-order valence-electron chi connectivity index (χ4n) is 4.71. The first-order chi connectivity index (χ1) is 15.8. The van der Waals surface area contributed by atoms with Crippen LogP contribution in [0.4, 0.5) is 5.82 Å². The van der Waals surface area contributed by atoms with Gasteiger partial charge in [-0.2, -0.15) is 5.10 Å². The maximum atomic E-state index is 6.32. The number of fused-ring (bicyclic) bond motifs is 2. The molecule has 0 aliphatic carbocycles. The zero-order chi connectivity index (χ0) is 21.5. The predicted octanol–water partition coefficient (Wildman–Crippen LogP) is 4.18. The lowest BCUT2D eigenvalue weighted by Gasteiger charge is -2.22. The van der Waals surface area contributed by atoms with Crippen LogP contribution in [-0.4, -0.2) is 32.7 Å². The Balaban J connectivity index is 1.43. The van der Waals surface area contributed by atoms with E-state index in [0.29, 0.717) is 24.0 Å².